The van der Waals surface area contributed by atoms with E-state index in [1.54, 1.807) is 6.07 Å². The molecule has 1 aromatic carbocycles. The van der Waals surface area contributed by atoms with Crippen LogP contribution < -0.4 is 10.6 Å². The predicted molar refractivity (Wildman–Crippen MR) is 73.4 cm³/mol. The van der Waals surface area contributed by atoms with Crippen molar-refractivity contribution in [3.05, 3.63) is 29.6 Å². The average molecular weight is 254 g/mol. The first-order valence-electron chi connectivity index (χ1n) is 6.29. The number of nitrogens with two attached hydrogens (primary N) is 1. The Morgan fingerprint density at radius 3 is 2.50 bits per heavy atom. The summed E-state index contributed by atoms with van der Waals surface area (Å²) >= 11 is 0. The topological polar surface area (TPSA) is 38.5 Å². The Hall–Kier alpha value is -1.13. The Labute approximate surface area is 109 Å². The number of nitrogens with zero attached hydrogens (tertiary/aromatic N) is 1. The summed E-state index contributed by atoms with van der Waals surface area (Å²) in [6.45, 7) is 7.06. The molecule has 0 aliphatic carbocycles. The molecule has 3 nitrogen and oxygen atoms in total. The van der Waals surface area contributed by atoms with Crippen molar-refractivity contribution in [2.45, 2.75) is 32.9 Å². The Morgan fingerprint density at radius 2 is 2.00 bits per heavy atom. The summed E-state index contributed by atoms with van der Waals surface area (Å²) in [5.74, 6) is -0.239. The Kier molecular flexibility index (Phi) is 5.56. The third-order valence-corrected chi connectivity index (χ3v) is 2.79. The van der Waals surface area contributed by atoms with Crippen molar-refractivity contribution in [2.24, 2.45) is 5.73 Å². The van der Waals surface area contributed by atoms with Gasteiger partial charge >= 0.3 is 0 Å². The fraction of sp³-hybridized carbons (Fsp3) is 0.571. The Balaban J connectivity index is 2.65. The molecule has 1 unspecified atom stereocenters. The monoisotopic (exact) mass is 254 g/mol. The minimum Gasteiger partial charge on any atom is -0.377 e. The maximum absolute atomic E-state index is 13.9. The molecule has 0 bridgehead atoms. The molecule has 0 aliphatic rings. The number of ether oxygens (including phenoxy) is 1. The maximum Gasteiger partial charge on any atom is 0.146 e. The molecule has 0 spiro atoms. The number of likely N-dealkylation sites (N-methyl/N-ethyl adjacent to an activating group) is 1. The van der Waals surface area contributed by atoms with Crippen LogP contribution in [0, 0.1) is 5.82 Å². The molecule has 1 aromatic rings. The highest BCUT2D eigenvalue weighted by atomic mass is 19.1. The van der Waals surface area contributed by atoms with Gasteiger partial charge in [0.1, 0.15) is 5.82 Å². The van der Waals surface area contributed by atoms with Gasteiger partial charge in [-0.1, -0.05) is 6.07 Å². The van der Waals surface area contributed by atoms with Crippen LogP contribution in [0.15, 0.2) is 18.2 Å². The summed E-state index contributed by atoms with van der Waals surface area (Å²) in [6, 6.07) is 4.98. The molecular formula is C14H23FN2O. The maximum atomic E-state index is 13.9. The molecule has 0 radical (unpaired) electrons. The molecule has 2 N–H and O–H groups in total. The van der Waals surface area contributed by atoms with E-state index in [4.69, 9.17) is 10.5 Å². The van der Waals surface area contributed by atoms with Crippen LogP contribution in [-0.4, -0.2) is 26.3 Å². The molecular weight excluding hydrogens is 231 g/mol. The van der Waals surface area contributed by atoms with Crippen LogP contribution in [0.3, 0.4) is 0 Å². The van der Waals surface area contributed by atoms with Crippen molar-refractivity contribution in [1.29, 1.82) is 0 Å². The number of hydrogen-bond acceptors (Lipinski definition) is 3. The minimum atomic E-state index is -0.239. The zero-order valence-electron chi connectivity index (χ0n) is 11.6. The van der Waals surface area contributed by atoms with Crippen LogP contribution in [0.1, 0.15) is 32.4 Å². The van der Waals surface area contributed by atoms with Gasteiger partial charge in [-0.2, -0.15) is 0 Å². The van der Waals surface area contributed by atoms with Gasteiger partial charge in [0, 0.05) is 19.6 Å². The quantitative estimate of drug-likeness (QED) is 0.848. The molecule has 4 heteroatoms. The molecule has 1 rings (SSSR count). The van der Waals surface area contributed by atoms with Gasteiger partial charge in [-0.3, -0.25) is 0 Å². The first-order chi connectivity index (χ1) is 8.41. The largest absolute Gasteiger partial charge is 0.377 e. The van der Waals surface area contributed by atoms with Crippen molar-refractivity contribution in [3.63, 3.8) is 0 Å². The molecule has 1 atom stereocenters. The van der Waals surface area contributed by atoms with Gasteiger partial charge in [0.05, 0.1) is 18.4 Å². The summed E-state index contributed by atoms with van der Waals surface area (Å²) in [5.41, 5.74) is 7.11. The summed E-state index contributed by atoms with van der Waals surface area (Å²) in [5, 5.41) is 0. The first-order valence-corrected chi connectivity index (χ1v) is 6.29. The van der Waals surface area contributed by atoms with Gasteiger partial charge in [0.15, 0.2) is 0 Å². The van der Waals surface area contributed by atoms with E-state index in [1.165, 1.54) is 6.07 Å². The van der Waals surface area contributed by atoms with Crippen molar-refractivity contribution < 1.29 is 9.13 Å². The van der Waals surface area contributed by atoms with E-state index in [1.807, 2.05) is 38.8 Å². The molecule has 0 saturated carbocycles. The zero-order valence-corrected chi connectivity index (χ0v) is 11.6. The average Bonchev–Trinajstić information content (AvgIpc) is 2.27. The fourth-order valence-corrected chi connectivity index (χ4v) is 1.66. The summed E-state index contributed by atoms with van der Waals surface area (Å²) < 4.78 is 19.4. The normalized spacial score (nSPS) is 12.8. The number of benzene rings is 1. The molecule has 0 heterocycles. The second-order valence-corrected chi connectivity index (χ2v) is 4.84. The van der Waals surface area contributed by atoms with E-state index in [0.29, 0.717) is 18.8 Å². The first kappa shape index (κ1) is 14.9. The standard InChI is InChI=1S/C14H23FN2O/c1-10(2)18-8-7-17(4)14-6-5-12(11(3)16)9-13(14)15/h5-6,9-11H,7-8,16H2,1-4H3. The van der Waals surface area contributed by atoms with E-state index in [-0.39, 0.29) is 18.0 Å². The van der Waals surface area contributed by atoms with Gasteiger partial charge in [0.2, 0.25) is 0 Å². The van der Waals surface area contributed by atoms with E-state index < -0.39 is 0 Å². The van der Waals surface area contributed by atoms with Crippen LogP contribution in [0.5, 0.6) is 0 Å². The van der Waals surface area contributed by atoms with Crippen molar-refractivity contribution in [2.75, 3.05) is 25.1 Å². The lowest BCUT2D eigenvalue weighted by molar-refractivity contribution is 0.0845. The highest BCUT2D eigenvalue weighted by molar-refractivity contribution is 5.48. The van der Waals surface area contributed by atoms with E-state index >= 15 is 0 Å². The smallest absolute Gasteiger partial charge is 0.146 e. The zero-order chi connectivity index (χ0) is 13.7. The Bertz CT molecular complexity index is 380. The molecule has 18 heavy (non-hydrogen) atoms. The second-order valence-electron chi connectivity index (χ2n) is 4.84. The minimum absolute atomic E-state index is 0.150. The third kappa shape index (κ3) is 4.27. The second kappa shape index (κ2) is 6.71. The molecule has 0 aromatic heterocycles. The number of halogens is 1. The third-order valence-electron chi connectivity index (χ3n) is 2.79. The number of anilines is 1. The van der Waals surface area contributed by atoms with Crippen LogP contribution in [-0.2, 0) is 4.74 Å². The van der Waals surface area contributed by atoms with Gasteiger partial charge < -0.3 is 15.4 Å². The van der Waals surface area contributed by atoms with E-state index in [2.05, 4.69) is 0 Å². The summed E-state index contributed by atoms with van der Waals surface area (Å²) in [4.78, 5) is 1.85. The van der Waals surface area contributed by atoms with Crippen LogP contribution in [0.2, 0.25) is 0 Å². The molecule has 0 fully saturated rings. The summed E-state index contributed by atoms with van der Waals surface area (Å²) in [6.07, 6.45) is 0.198. The van der Waals surface area contributed by atoms with Gasteiger partial charge in [-0.25, -0.2) is 4.39 Å². The highest BCUT2D eigenvalue weighted by Gasteiger charge is 2.10. The lowest BCUT2D eigenvalue weighted by Crippen LogP contribution is -2.24. The fourth-order valence-electron chi connectivity index (χ4n) is 1.66. The van der Waals surface area contributed by atoms with Crippen molar-refractivity contribution >= 4 is 5.69 Å². The van der Waals surface area contributed by atoms with Crippen LogP contribution >= 0.6 is 0 Å². The van der Waals surface area contributed by atoms with E-state index in [0.717, 1.165) is 5.56 Å². The van der Waals surface area contributed by atoms with Gasteiger partial charge in [-0.05, 0) is 38.5 Å². The van der Waals surface area contributed by atoms with Crippen LogP contribution in [0.4, 0.5) is 10.1 Å². The van der Waals surface area contributed by atoms with Crippen LogP contribution in [0.25, 0.3) is 0 Å². The van der Waals surface area contributed by atoms with Gasteiger partial charge in [0.25, 0.3) is 0 Å². The summed E-state index contributed by atoms with van der Waals surface area (Å²) in [7, 11) is 1.85. The highest BCUT2D eigenvalue weighted by Crippen LogP contribution is 2.21. The van der Waals surface area contributed by atoms with Crippen molar-refractivity contribution in [3.8, 4) is 0 Å². The lowest BCUT2D eigenvalue weighted by Gasteiger charge is -2.21. The predicted octanol–water partition coefficient (Wildman–Crippen LogP) is 2.71. The van der Waals surface area contributed by atoms with Gasteiger partial charge in [-0.15, -0.1) is 0 Å². The van der Waals surface area contributed by atoms with Crippen molar-refractivity contribution in [1.82, 2.24) is 0 Å². The molecule has 102 valence electrons. The number of hydrogen-bond donors (Lipinski definition) is 1. The lowest BCUT2D eigenvalue weighted by atomic mass is 10.1. The molecule has 0 saturated heterocycles. The van der Waals surface area contributed by atoms with E-state index in [9.17, 15) is 4.39 Å². The molecule has 0 aliphatic heterocycles. The number of rotatable bonds is 6. The molecule has 0 amide bonds. The SMILES string of the molecule is CC(C)OCCN(C)c1ccc(C(C)N)cc1F. The Morgan fingerprint density at radius 1 is 1.33 bits per heavy atom.